The fourth-order valence-corrected chi connectivity index (χ4v) is 1.92. The SMILES string of the molecule is Cc1nccn1CCNCCCS(C)=O. The zero-order valence-electron chi connectivity index (χ0n) is 9.40. The van der Waals surface area contributed by atoms with Crippen LogP contribution in [0.2, 0.25) is 0 Å². The second kappa shape index (κ2) is 6.74. The van der Waals surface area contributed by atoms with E-state index in [-0.39, 0.29) is 0 Å². The molecule has 15 heavy (non-hydrogen) atoms. The van der Waals surface area contributed by atoms with E-state index in [0.29, 0.717) is 0 Å². The summed E-state index contributed by atoms with van der Waals surface area (Å²) in [6, 6.07) is 0. The van der Waals surface area contributed by atoms with E-state index in [1.54, 1.807) is 6.26 Å². The van der Waals surface area contributed by atoms with Crippen LogP contribution in [-0.4, -0.2) is 38.9 Å². The van der Waals surface area contributed by atoms with Crippen molar-refractivity contribution >= 4 is 10.8 Å². The fraction of sp³-hybridized carbons (Fsp3) is 0.700. The van der Waals surface area contributed by atoms with Gasteiger partial charge in [-0.2, -0.15) is 0 Å². The van der Waals surface area contributed by atoms with E-state index in [1.807, 2.05) is 19.3 Å². The maximum absolute atomic E-state index is 10.8. The molecule has 0 aromatic carbocycles. The highest BCUT2D eigenvalue weighted by Crippen LogP contribution is 1.93. The summed E-state index contributed by atoms with van der Waals surface area (Å²) in [5.74, 6) is 1.84. The van der Waals surface area contributed by atoms with Crippen molar-refractivity contribution in [2.45, 2.75) is 19.9 Å². The molecular formula is C10H19N3OS. The Hall–Kier alpha value is -0.680. The molecule has 4 nitrogen and oxygen atoms in total. The Labute approximate surface area is 93.5 Å². The summed E-state index contributed by atoms with van der Waals surface area (Å²) in [5, 5.41) is 3.32. The van der Waals surface area contributed by atoms with Gasteiger partial charge < -0.3 is 9.88 Å². The third-order valence-electron chi connectivity index (χ3n) is 2.24. The van der Waals surface area contributed by atoms with Crippen molar-refractivity contribution in [1.82, 2.24) is 14.9 Å². The van der Waals surface area contributed by atoms with Crippen LogP contribution in [0.25, 0.3) is 0 Å². The van der Waals surface area contributed by atoms with Gasteiger partial charge in [-0.3, -0.25) is 4.21 Å². The maximum Gasteiger partial charge on any atom is 0.105 e. The summed E-state index contributed by atoms with van der Waals surface area (Å²) < 4.78 is 12.9. The van der Waals surface area contributed by atoms with Gasteiger partial charge in [0.05, 0.1) is 0 Å². The highest BCUT2D eigenvalue weighted by atomic mass is 32.2. The first-order chi connectivity index (χ1) is 7.20. The molecule has 1 heterocycles. The molecule has 1 aromatic heterocycles. The molecule has 0 fully saturated rings. The monoisotopic (exact) mass is 229 g/mol. The molecule has 0 saturated heterocycles. The fourth-order valence-electron chi connectivity index (χ4n) is 1.36. The van der Waals surface area contributed by atoms with Gasteiger partial charge >= 0.3 is 0 Å². The van der Waals surface area contributed by atoms with Crippen LogP contribution in [0.3, 0.4) is 0 Å². The molecule has 1 aromatic rings. The zero-order chi connectivity index (χ0) is 11.1. The molecule has 0 aliphatic heterocycles. The molecule has 86 valence electrons. The second-order valence-electron chi connectivity index (χ2n) is 3.55. The largest absolute Gasteiger partial charge is 0.334 e. The summed E-state index contributed by atoms with van der Waals surface area (Å²) in [4.78, 5) is 4.15. The smallest absolute Gasteiger partial charge is 0.105 e. The van der Waals surface area contributed by atoms with Crippen LogP contribution < -0.4 is 5.32 Å². The highest BCUT2D eigenvalue weighted by Gasteiger charge is 1.95. The van der Waals surface area contributed by atoms with Crippen molar-refractivity contribution in [3.8, 4) is 0 Å². The standard InChI is InChI=1S/C10H19N3OS/c1-10-12-6-8-13(10)7-5-11-4-3-9-15(2)14/h6,8,11H,3-5,7,9H2,1-2H3. The van der Waals surface area contributed by atoms with E-state index in [9.17, 15) is 4.21 Å². The van der Waals surface area contributed by atoms with Crippen molar-refractivity contribution in [1.29, 1.82) is 0 Å². The first-order valence-electron chi connectivity index (χ1n) is 5.18. The third kappa shape index (κ3) is 5.09. The Balaban J connectivity index is 2.03. The molecule has 0 spiro atoms. The molecule has 1 unspecified atom stereocenters. The minimum absolute atomic E-state index is 0.659. The number of rotatable bonds is 7. The van der Waals surface area contributed by atoms with Crippen LogP contribution in [0.15, 0.2) is 12.4 Å². The van der Waals surface area contributed by atoms with Gasteiger partial charge in [-0.15, -0.1) is 0 Å². The minimum Gasteiger partial charge on any atom is -0.334 e. The van der Waals surface area contributed by atoms with Gasteiger partial charge in [-0.05, 0) is 19.9 Å². The lowest BCUT2D eigenvalue weighted by molar-refractivity contribution is 0.584. The summed E-state index contributed by atoms with van der Waals surface area (Å²) in [5.41, 5.74) is 0. The Morgan fingerprint density at radius 1 is 1.53 bits per heavy atom. The lowest BCUT2D eigenvalue weighted by Crippen LogP contribution is -2.22. The van der Waals surface area contributed by atoms with Gasteiger partial charge in [0.1, 0.15) is 5.82 Å². The topological polar surface area (TPSA) is 46.9 Å². The summed E-state index contributed by atoms with van der Waals surface area (Å²) >= 11 is 0. The number of nitrogens with zero attached hydrogens (tertiary/aromatic N) is 2. The first kappa shape index (κ1) is 12.4. The number of imidazole rings is 1. The van der Waals surface area contributed by atoms with Gasteiger partial charge in [0.2, 0.25) is 0 Å². The van der Waals surface area contributed by atoms with Crippen molar-refractivity contribution in [3.63, 3.8) is 0 Å². The van der Waals surface area contributed by atoms with E-state index in [4.69, 9.17) is 0 Å². The Morgan fingerprint density at radius 2 is 2.33 bits per heavy atom. The van der Waals surface area contributed by atoms with Gasteiger partial charge in [0, 0.05) is 48.3 Å². The van der Waals surface area contributed by atoms with Crippen LogP contribution in [0, 0.1) is 6.92 Å². The van der Waals surface area contributed by atoms with Crippen LogP contribution in [0.1, 0.15) is 12.2 Å². The summed E-state index contributed by atoms with van der Waals surface area (Å²) in [6.45, 7) is 4.82. The first-order valence-corrected chi connectivity index (χ1v) is 6.91. The van der Waals surface area contributed by atoms with E-state index in [0.717, 1.165) is 37.6 Å². The summed E-state index contributed by atoms with van der Waals surface area (Å²) in [6.07, 6.45) is 6.52. The molecular weight excluding hydrogens is 210 g/mol. The summed E-state index contributed by atoms with van der Waals surface area (Å²) in [7, 11) is -0.659. The van der Waals surface area contributed by atoms with Gasteiger partial charge in [0.25, 0.3) is 0 Å². The Bertz CT molecular complexity index is 311. The maximum atomic E-state index is 10.8. The number of aryl methyl sites for hydroxylation is 1. The average molecular weight is 229 g/mol. The molecule has 0 aliphatic rings. The van der Waals surface area contributed by atoms with Crippen LogP contribution in [0.5, 0.6) is 0 Å². The quantitative estimate of drug-likeness (QED) is 0.695. The van der Waals surface area contributed by atoms with Crippen molar-refractivity contribution in [2.75, 3.05) is 25.1 Å². The Kier molecular flexibility index (Phi) is 5.57. The van der Waals surface area contributed by atoms with Crippen molar-refractivity contribution in [2.24, 2.45) is 0 Å². The predicted molar refractivity (Wildman–Crippen MR) is 63.4 cm³/mol. The predicted octanol–water partition coefficient (Wildman–Crippen LogP) is 0.550. The Morgan fingerprint density at radius 3 is 2.93 bits per heavy atom. The molecule has 0 saturated carbocycles. The lowest BCUT2D eigenvalue weighted by Gasteiger charge is -2.06. The molecule has 1 rings (SSSR count). The van der Waals surface area contributed by atoms with Crippen LogP contribution in [-0.2, 0) is 17.3 Å². The second-order valence-corrected chi connectivity index (χ2v) is 5.10. The zero-order valence-corrected chi connectivity index (χ0v) is 10.2. The molecule has 1 N–H and O–H groups in total. The van der Waals surface area contributed by atoms with Gasteiger partial charge in [-0.25, -0.2) is 4.98 Å². The number of hydrogen-bond donors (Lipinski definition) is 1. The third-order valence-corrected chi connectivity index (χ3v) is 3.10. The van der Waals surface area contributed by atoms with Crippen molar-refractivity contribution < 1.29 is 4.21 Å². The van der Waals surface area contributed by atoms with Crippen LogP contribution in [0.4, 0.5) is 0 Å². The normalized spacial score (nSPS) is 12.9. The number of aromatic nitrogens is 2. The van der Waals surface area contributed by atoms with E-state index in [2.05, 4.69) is 14.9 Å². The van der Waals surface area contributed by atoms with E-state index < -0.39 is 10.8 Å². The van der Waals surface area contributed by atoms with Gasteiger partial charge in [-0.1, -0.05) is 0 Å². The lowest BCUT2D eigenvalue weighted by atomic mass is 10.4. The number of nitrogens with one attached hydrogen (secondary N) is 1. The van der Waals surface area contributed by atoms with Crippen LogP contribution >= 0.6 is 0 Å². The van der Waals surface area contributed by atoms with Crippen molar-refractivity contribution in [3.05, 3.63) is 18.2 Å². The minimum atomic E-state index is -0.659. The molecule has 0 radical (unpaired) electrons. The molecule has 5 heteroatoms. The molecule has 0 amide bonds. The molecule has 0 aliphatic carbocycles. The highest BCUT2D eigenvalue weighted by molar-refractivity contribution is 7.84. The molecule has 1 atom stereocenters. The molecule has 0 bridgehead atoms. The average Bonchev–Trinajstić information content (AvgIpc) is 2.57. The number of hydrogen-bond acceptors (Lipinski definition) is 3. The van der Waals surface area contributed by atoms with Gasteiger partial charge in [0.15, 0.2) is 0 Å². The van der Waals surface area contributed by atoms with E-state index >= 15 is 0 Å². The van der Waals surface area contributed by atoms with E-state index in [1.165, 1.54) is 0 Å².